The number of carbonyl (C=O) groups excluding carboxylic acids is 1. The SMILES string of the molecule is CC1CCCC(CC(=O)C2CCC2)C1. The van der Waals surface area contributed by atoms with Gasteiger partial charge in [-0.3, -0.25) is 4.79 Å². The smallest absolute Gasteiger partial charge is 0.136 e. The Morgan fingerprint density at radius 2 is 1.86 bits per heavy atom. The molecular weight excluding hydrogens is 172 g/mol. The first-order chi connectivity index (χ1) is 6.75. The normalized spacial score (nSPS) is 33.8. The van der Waals surface area contributed by atoms with Crippen molar-refractivity contribution in [2.75, 3.05) is 0 Å². The molecule has 0 saturated heterocycles. The van der Waals surface area contributed by atoms with Crippen LogP contribution < -0.4 is 0 Å². The Hall–Kier alpha value is -0.330. The molecule has 2 rings (SSSR count). The van der Waals surface area contributed by atoms with Crippen molar-refractivity contribution < 1.29 is 4.79 Å². The Kier molecular flexibility index (Phi) is 3.25. The summed E-state index contributed by atoms with van der Waals surface area (Å²) in [4.78, 5) is 11.8. The van der Waals surface area contributed by atoms with Crippen molar-refractivity contribution in [3.63, 3.8) is 0 Å². The van der Waals surface area contributed by atoms with E-state index in [1.165, 1.54) is 44.9 Å². The van der Waals surface area contributed by atoms with Gasteiger partial charge >= 0.3 is 0 Å². The molecule has 0 aromatic heterocycles. The molecule has 0 amide bonds. The van der Waals surface area contributed by atoms with Gasteiger partial charge in [-0.1, -0.05) is 32.6 Å². The molecule has 0 aromatic carbocycles. The van der Waals surface area contributed by atoms with E-state index in [1.54, 1.807) is 0 Å². The van der Waals surface area contributed by atoms with Crippen LogP contribution in [-0.4, -0.2) is 5.78 Å². The van der Waals surface area contributed by atoms with Crippen LogP contribution >= 0.6 is 0 Å². The van der Waals surface area contributed by atoms with E-state index in [-0.39, 0.29) is 0 Å². The largest absolute Gasteiger partial charge is 0.299 e. The lowest BCUT2D eigenvalue weighted by Crippen LogP contribution is -2.25. The number of ketones is 1. The van der Waals surface area contributed by atoms with E-state index in [0.717, 1.165) is 18.3 Å². The van der Waals surface area contributed by atoms with Crippen LogP contribution in [0.2, 0.25) is 0 Å². The third-order valence-corrected chi connectivity index (χ3v) is 4.10. The van der Waals surface area contributed by atoms with Gasteiger partial charge in [-0.15, -0.1) is 0 Å². The summed E-state index contributed by atoms with van der Waals surface area (Å²) in [6.07, 6.45) is 9.90. The molecule has 1 nitrogen and oxygen atoms in total. The summed E-state index contributed by atoms with van der Waals surface area (Å²) in [7, 11) is 0. The summed E-state index contributed by atoms with van der Waals surface area (Å²) in [5.41, 5.74) is 0. The van der Waals surface area contributed by atoms with Crippen molar-refractivity contribution in [1.29, 1.82) is 0 Å². The Balaban J connectivity index is 1.75. The Bertz CT molecular complexity index is 205. The van der Waals surface area contributed by atoms with Gasteiger partial charge in [-0.25, -0.2) is 0 Å². The average Bonchev–Trinajstić information content (AvgIpc) is 1.99. The van der Waals surface area contributed by atoms with Crippen LogP contribution in [0.25, 0.3) is 0 Å². The predicted octanol–water partition coefficient (Wildman–Crippen LogP) is 3.57. The number of hydrogen-bond donors (Lipinski definition) is 0. The third-order valence-electron chi connectivity index (χ3n) is 4.10. The van der Waals surface area contributed by atoms with Crippen LogP contribution in [0.3, 0.4) is 0 Å². The van der Waals surface area contributed by atoms with Gasteiger partial charge in [0.25, 0.3) is 0 Å². The molecular formula is C13H22O. The van der Waals surface area contributed by atoms with Gasteiger partial charge in [0, 0.05) is 12.3 Å². The summed E-state index contributed by atoms with van der Waals surface area (Å²) in [6.45, 7) is 2.33. The van der Waals surface area contributed by atoms with Gasteiger partial charge in [0.15, 0.2) is 0 Å². The number of carbonyl (C=O) groups is 1. The van der Waals surface area contributed by atoms with E-state index >= 15 is 0 Å². The summed E-state index contributed by atoms with van der Waals surface area (Å²) in [6, 6.07) is 0. The van der Waals surface area contributed by atoms with Crippen LogP contribution in [-0.2, 0) is 4.79 Å². The van der Waals surface area contributed by atoms with Crippen LogP contribution in [0.1, 0.15) is 58.3 Å². The topological polar surface area (TPSA) is 17.1 Å². The van der Waals surface area contributed by atoms with E-state index in [9.17, 15) is 4.79 Å². The maximum atomic E-state index is 11.8. The minimum absolute atomic E-state index is 0.465. The highest BCUT2D eigenvalue weighted by atomic mass is 16.1. The Morgan fingerprint density at radius 1 is 1.14 bits per heavy atom. The van der Waals surface area contributed by atoms with Crippen molar-refractivity contribution in [1.82, 2.24) is 0 Å². The Labute approximate surface area is 87.3 Å². The van der Waals surface area contributed by atoms with Gasteiger partial charge in [0.2, 0.25) is 0 Å². The quantitative estimate of drug-likeness (QED) is 0.671. The van der Waals surface area contributed by atoms with Gasteiger partial charge in [-0.2, -0.15) is 0 Å². The third kappa shape index (κ3) is 2.37. The van der Waals surface area contributed by atoms with E-state index in [0.29, 0.717) is 11.7 Å². The molecule has 0 spiro atoms. The maximum absolute atomic E-state index is 11.8. The monoisotopic (exact) mass is 194 g/mol. The zero-order valence-corrected chi connectivity index (χ0v) is 9.30. The van der Waals surface area contributed by atoms with Crippen molar-refractivity contribution in [3.8, 4) is 0 Å². The van der Waals surface area contributed by atoms with Gasteiger partial charge < -0.3 is 0 Å². The number of Topliss-reactive ketones (excluding diaryl/α,β-unsaturated/α-hetero) is 1. The predicted molar refractivity (Wildman–Crippen MR) is 58.1 cm³/mol. The molecule has 0 aromatic rings. The van der Waals surface area contributed by atoms with Crippen LogP contribution in [0.5, 0.6) is 0 Å². The fourth-order valence-corrected chi connectivity index (χ4v) is 2.93. The summed E-state index contributed by atoms with van der Waals surface area (Å²) in [5.74, 6) is 2.64. The second-order valence-corrected chi connectivity index (χ2v) is 5.44. The lowest BCUT2D eigenvalue weighted by atomic mass is 9.75. The van der Waals surface area contributed by atoms with Crippen molar-refractivity contribution in [2.24, 2.45) is 17.8 Å². The molecule has 2 fully saturated rings. The summed E-state index contributed by atoms with van der Waals surface area (Å²) >= 11 is 0. The fourth-order valence-electron chi connectivity index (χ4n) is 2.93. The maximum Gasteiger partial charge on any atom is 0.136 e. The number of rotatable bonds is 3. The van der Waals surface area contributed by atoms with E-state index < -0.39 is 0 Å². The van der Waals surface area contributed by atoms with Crippen LogP contribution in [0.15, 0.2) is 0 Å². The summed E-state index contributed by atoms with van der Waals surface area (Å²) < 4.78 is 0. The molecule has 2 atom stereocenters. The standard InChI is InChI=1S/C13H22O/c1-10-4-2-5-11(8-10)9-13(14)12-6-3-7-12/h10-12H,2-9H2,1H3. The second kappa shape index (κ2) is 4.46. The molecule has 0 N–H and O–H groups in total. The highest BCUT2D eigenvalue weighted by molar-refractivity contribution is 5.81. The fraction of sp³-hybridized carbons (Fsp3) is 0.923. The minimum Gasteiger partial charge on any atom is -0.299 e. The minimum atomic E-state index is 0.465. The molecule has 2 aliphatic carbocycles. The highest BCUT2D eigenvalue weighted by Gasteiger charge is 2.28. The van der Waals surface area contributed by atoms with Gasteiger partial charge in [0.1, 0.15) is 5.78 Å². The van der Waals surface area contributed by atoms with Crippen molar-refractivity contribution in [3.05, 3.63) is 0 Å². The lowest BCUT2D eigenvalue weighted by molar-refractivity contribution is -0.126. The first-order valence-corrected chi connectivity index (χ1v) is 6.28. The lowest BCUT2D eigenvalue weighted by Gasteiger charge is -2.29. The van der Waals surface area contributed by atoms with Crippen LogP contribution in [0.4, 0.5) is 0 Å². The van der Waals surface area contributed by atoms with Gasteiger partial charge in [0.05, 0.1) is 0 Å². The molecule has 1 heteroatoms. The molecule has 2 saturated carbocycles. The molecule has 0 heterocycles. The van der Waals surface area contributed by atoms with E-state index in [2.05, 4.69) is 6.92 Å². The zero-order valence-electron chi connectivity index (χ0n) is 9.30. The molecule has 0 aliphatic heterocycles. The molecule has 0 bridgehead atoms. The first kappa shape index (κ1) is 10.2. The molecule has 2 aliphatic rings. The summed E-state index contributed by atoms with van der Waals surface area (Å²) in [5, 5.41) is 0. The van der Waals surface area contributed by atoms with Gasteiger partial charge in [-0.05, 0) is 31.1 Å². The second-order valence-electron chi connectivity index (χ2n) is 5.44. The van der Waals surface area contributed by atoms with Crippen molar-refractivity contribution >= 4 is 5.78 Å². The zero-order chi connectivity index (χ0) is 9.97. The molecule has 2 unspecified atom stereocenters. The Morgan fingerprint density at radius 3 is 2.43 bits per heavy atom. The molecule has 14 heavy (non-hydrogen) atoms. The molecule has 0 radical (unpaired) electrons. The van der Waals surface area contributed by atoms with Crippen LogP contribution in [0, 0.1) is 17.8 Å². The highest BCUT2D eigenvalue weighted by Crippen LogP contribution is 2.34. The van der Waals surface area contributed by atoms with Crippen molar-refractivity contribution in [2.45, 2.75) is 58.3 Å². The molecule has 80 valence electrons. The van der Waals surface area contributed by atoms with E-state index in [1.807, 2.05) is 0 Å². The first-order valence-electron chi connectivity index (χ1n) is 6.28. The van der Waals surface area contributed by atoms with E-state index in [4.69, 9.17) is 0 Å². The number of hydrogen-bond acceptors (Lipinski definition) is 1. The average molecular weight is 194 g/mol.